The smallest absolute Gasteiger partial charge is 0.138 e. The highest BCUT2D eigenvalue weighted by Crippen LogP contribution is 2.25. The largest absolute Gasteiger partial charge is 0.487 e. The maximum Gasteiger partial charge on any atom is 0.138 e. The summed E-state index contributed by atoms with van der Waals surface area (Å²) in [5.74, 6) is 0.675. The third kappa shape index (κ3) is 4.10. The van der Waals surface area contributed by atoms with Gasteiger partial charge in [-0.2, -0.15) is 0 Å². The molecule has 0 saturated carbocycles. The lowest BCUT2D eigenvalue weighted by Crippen LogP contribution is -2.18. The molecule has 0 spiro atoms. The summed E-state index contributed by atoms with van der Waals surface area (Å²) in [6.45, 7) is 2.26. The monoisotopic (exact) mass is 310 g/mol. The molecule has 1 aromatic carbocycles. The first-order chi connectivity index (χ1) is 9.56. The van der Waals surface area contributed by atoms with Crippen LogP contribution in [0.5, 0.6) is 5.75 Å². The number of nitrogens with zero attached hydrogens (tertiary/aromatic N) is 1. The summed E-state index contributed by atoms with van der Waals surface area (Å²) < 4.78 is 5.65. The lowest BCUT2D eigenvalue weighted by atomic mass is 10.2. The molecule has 1 aromatic heterocycles. The van der Waals surface area contributed by atoms with Gasteiger partial charge >= 0.3 is 0 Å². The molecule has 0 aliphatic rings. The van der Waals surface area contributed by atoms with E-state index in [0.29, 0.717) is 22.4 Å². The fourth-order valence-electron chi connectivity index (χ4n) is 1.77. The van der Waals surface area contributed by atoms with E-state index in [1.54, 1.807) is 24.4 Å². The molecular weight excluding hydrogens is 295 g/mol. The molecule has 20 heavy (non-hydrogen) atoms. The van der Waals surface area contributed by atoms with Gasteiger partial charge in [0.2, 0.25) is 0 Å². The van der Waals surface area contributed by atoms with Gasteiger partial charge in [0.15, 0.2) is 0 Å². The van der Waals surface area contributed by atoms with E-state index in [-0.39, 0.29) is 6.04 Å². The quantitative estimate of drug-likeness (QED) is 0.912. The van der Waals surface area contributed by atoms with E-state index in [1.165, 1.54) is 0 Å². The first kappa shape index (κ1) is 15.1. The molecule has 0 bridgehead atoms. The van der Waals surface area contributed by atoms with Gasteiger partial charge in [-0.3, -0.25) is 4.98 Å². The summed E-state index contributed by atoms with van der Waals surface area (Å²) in [5.41, 5.74) is 7.45. The van der Waals surface area contributed by atoms with Gasteiger partial charge < -0.3 is 10.5 Å². The molecule has 3 nitrogen and oxygen atoms in total. The minimum absolute atomic E-state index is 0.0937. The molecule has 0 radical (unpaired) electrons. The minimum Gasteiger partial charge on any atom is -0.487 e. The molecule has 106 valence electrons. The number of halogens is 2. The Hall–Kier alpha value is -1.29. The molecule has 1 heterocycles. The molecule has 2 rings (SSSR count). The summed E-state index contributed by atoms with van der Waals surface area (Å²) in [7, 11) is 0. The number of rotatable bonds is 5. The van der Waals surface area contributed by atoms with Gasteiger partial charge in [-0.25, -0.2) is 0 Å². The minimum atomic E-state index is 0.0937. The van der Waals surface area contributed by atoms with Crippen LogP contribution in [0.25, 0.3) is 0 Å². The van der Waals surface area contributed by atoms with E-state index in [9.17, 15) is 0 Å². The summed E-state index contributed by atoms with van der Waals surface area (Å²) >= 11 is 12.2. The Morgan fingerprint density at radius 2 is 1.90 bits per heavy atom. The normalized spacial score (nSPS) is 12.2. The van der Waals surface area contributed by atoms with Crippen molar-refractivity contribution < 1.29 is 4.74 Å². The maximum atomic E-state index is 6.08. The van der Waals surface area contributed by atoms with E-state index >= 15 is 0 Å². The van der Waals surface area contributed by atoms with Gasteiger partial charge in [-0.1, -0.05) is 29.3 Å². The van der Waals surface area contributed by atoms with Gasteiger partial charge in [-0.15, -0.1) is 0 Å². The lowest BCUT2D eigenvalue weighted by Gasteiger charge is -2.10. The van der Waals surface area contributed by atoms with Crippen LogP contribution in [-0.2, 0) is 13.0 Å². The first-order valence-electron chi connectivity index (χ1n) is 6.32. The van der Waals surface area contributed by atoms with E-state index in [2.05, 4.69) is 4.98 Å². The number of aromatic nitrogens is 1. The third-order valence-electron chi connectivity index (χ3n) is 2.77. The third-order valence-corrected chi connectivity index (χ3v) is 3.48. The molecule has 2 N–H and O–H groups in total. The van der Waals surface area contributed by atoms with Gasteiger partial charge in [0.25, 0.3) is 0 Å². The van der Waals surface area contributed by atoms with Crippen molar-refractivity contribution in [1.29, 1.82) is 0 Å². The standard InChI is InChI=1S/C15H16Cl2N2O/c1-10(18)7-11-5-6-12(8-19-11)20-9-13-14(16)3-2-4-15(13)17/h2-6,8,10H,7,9,18H2,1H3. The zero-order chi connectivity index (χ0) is 14.5. The number of hydrogen-bond donors (Lipinski definition) is 1. The molecule has 1 atom stereocenters. The molecule has 1 unspecified atom stereocenters. The van der Waals surface area contributed by atoms with Crippen LogP contribution in [0.3, 0.4) is 0 Å². The topological polar surface area (TPSA) is 48.1 Å². The molecular formula is C15H16Cl2N2O. The summed E-state index contributed by atoms with van der Waals surface area (Å²) in [4.78, 5) is 4.31. The van der Waals surface area contributed by atoms with E-state index in [1.807, 2.05) is 19.1 Å². The molecule has 2 aromatic rings. The Bertz CT molecular complexity index is 550. The van der Waals surface area contributed by atoms with E-state index < -0.39 is 0 Å². The number of nitrogens with two attached hydrogens (primary N) is 1. The number of ether oxygens (including phenoxy) is 1. The van der Waals surface area contributed by atoms with Gasteiger partial charge in [0, 0.05) is 33.8 Å². The molecule has 0 saturated heterocycles. The second-order valence-corrected chi connectivity index (χ2v) is 5.47. The van der Waals surface area contributed by atoms with Gasteiger partial charge in [0.1, 0.15) is 12.4 Å². The van der Waals surface area contributed by atoms with Crippen molar-refractivity contribution in [1.82, 2.24) is 4.98 Å². The molecule has 0 aliphatic carbocycles. The summed E-state index contributed by atoms with van der Waals surface area (Å²) in [6.07, 6.45) is 2.43. The second kappa shape index (κ2) is 6.93. The van der Waals surface area contributed by atoms with Crippen molar-refractivity contribution >= 4 is 23.2 Å². The Kier molecular flexibility index (Phi) is 5.24. The first-order valence-corrected chi connectivity index (χ1v) is 7.08. The number of benzene rings is 1. The van der Waals surface area contributed by atoms with Crippen LogP contribution in [0, 0.1) is 0 Å². The van der Waals surface area contributed by atoms with Crippen molar-refractivity contribution in [2.75, 3.05) is 0 Å². The maximum absolute atomic E-state index is 6.08. The highest BCUT2D eigenvalue weighted by molar-refractivity contribution is 6.35. The van der Waals surface area contributed by atoms with Crippen LogP contribution in [0.2, 0.25) is 10.0 Å². The predicted molar refractivity (Wildman–Crippen MR) is 82.4 cm³/mol. The van der Waals surface area contributed by atoms with Crippen LogP contribution in [0.1, 0.15) is 18.2 Å². The Morgan fingerprint density at radius 1 is 1.20 bits per heavy atom. The van der Waals surface area contributed by atoms with Crippen LogP contribution < -0.4 is 10.5 Å². The number of pyridine rings is 1. The fourth-order valence-corrected chi connectivity index (χ4v) is 2.28. The number of hydrogen-bond acceptors (Lipinski definition) is 3. The van der Waals surface area contributed by atoms with Gasteiger partial charge in [-0.05, 0) is 31.2 Å². The summed E-state index contributed by atoms with van der Waals surface area (Å²) in [5, 5.41) is 1.19. The second-order valence-electron chi connectivity index (χ2n) is 4.66. The van der Waals surface area contributed by atoms with Crippen LogP contribution in [0.15, 0.2) is 36.5 Å². The molecule has 0 aliphatic heterocycles. The van der Waals surface area contributed by atoms with Crippen molar-refractivity contribution in [2.45, 2.75) is 26.0 Å². The van der Waals surface area contributed by atoms with Crippen LogP contribution in [0.4, 0.5) is 0 Å². The SMILES string of the molecule is CC(N)Cc1ccc(OCc2c(Cl)cccc2Cl)cn1. The molecule has 0 fully saturated rings. The van der Waals surface area contributed by atoms with Crippen molar-refractivity contribution in [3.05, 3.63) is 57.8 Å². The van der Waals surface area contributed by atoms with E-state index in [0.717, 1.165) is 17.7 Å². The summed E-state index contributed by atoms with van der Waals surface area (Å²) in [6, 6.07) is 9.25. The average molecular weight is 311 g/mol. The Balaban J connectivity index is 2.00. The van der Waals surface area contributed by atoms with Crippen molar-refractivity contribution in [2.24, 2.45) is 5.73 Å². The van der Waals surface area contributed by atoms with Crippen molar-refractivity contribution in [3.8, 4) is 5.75 Å². The lowest BCUT2D eigenvalue weighted by molar-refractivity contribution is 0.305. The highest BCUT2D eigenvalue weighted by atomic mass is 35.5. The average Bonchev–Trinajstić information content (AvgIpc) is 2.39. The zero-order valence-electron chi connectivity index (χ0n) is 11.1. The molecule has 5 heteroatoms. The zero-order valence-corrected chi connectivity index (χ0v) is 12.7. The Labute approximate surface area is 128 Å². The van der Waals surface area contributed by atoms with E-state index in [4.69, 9.17) is 33.7 Å². The fraction of sp³-hybridized carbons (Fsp3) is 0.267. The Morgan fingerprint density at radius 3 is 2.45 bits per heavy atom. The van der Waals surface area contributed by atoms with Crippen molar-refractivity contribution in [3.63, 3.8) is 0 Å². The predicted octanol–water partition coefficient (Wildman–Crippen LogP) is 3.86. The highest BCUT2D eigenvalue weighted by Gasteiger charge is 2.06. The van der Waals surface area contributed by atoms with Gasteiger partial charge in [0.05, 0.1) is 6.20 Å². The molecule has 0 amide bonds. The van der Waals surface area contributed by atoms with Crippen LogP contribution >= 0.6 is 23.2 Å². The van der Waals surface area contributed by atoms with Crippen LogP contribution in [-0.4, -0.2) is 11.0 Å².